The highest BCUT2D eigenvalue weighted by atomic mass is 32.2. The number of aromatic nitrogens is 2. The van der Waals surface area contributed by atoms with Crippen LogP contribution in [0.4, 0.5) is 0 Å². The molecule has 0 saturated heterocycles. The maximum absolute atomic E-state index is 11.7. The van der Waals surface area contributed by atoms with Crippen molar-refractivity contribution in [2.45, 2.75) is 11.7 Å². The van der Waals surface area contributed by atoms with Gasteiger partial charge in [-0.15, -0.1) is 0 Å². The molecule has 2 heterocycles. The summed E-state index contributed by atoms with van der Waals surface area (Å²) in [6.07, 6.45) is 1.34. The van der Waals surface area contributed by atoms with Crippen molar-refractivity contribution in [1.82, 2.24) is 14.9 Å². The molecular weight excluding hydrogens is 202 g/mol. The molecule has 0 fully saturated rings. The van der Waals surface area contributed by atoms with E-state index in [2.05, 4.69) is 10.3 Å². The third-order valence-corrected chi connectivity index (χ3v) is 3.00. The number of thioether (sulfide) groups is 1. The van der Waals surface area contributed by atoms with E-state index in [1.165, 1.54) is 29.6 Å². The third kappa shape index (κ3) is 1.31. The molecule has 0 spiro atoms. The first-order valence-electron chi connectivity index (χ1n) is 4.18. The van der Waals surface area contributed by atoms with Crippen LogP contribution in [-0.2, 0) is 6.54 Å². The molecule has 0 bridgehead atoms. The van der Waals surface area contributed by atoms with E-state index < -0.39 is 0 Å². The van der Waals surface area contributed by atoms with Crippen LogP contribution >= 0.6 is 11.8 Å². The lowest BCUT2D eigenvalue weighted by Crippen LogP contribution is -2.31. The minimum Gasteiger partial charge on any atom is -0.355 e. The minimum atomic E-state index is -0.380. The second kappa shape index (κ2) is 3.45. The van der Waals surface area contributed by atoms with E-state index in [-0.39, 0.29) is 17.0 Å². The highest BCUT2D eigenvalue weighted by molar-refractivity contribution is 7.99. The summed E-state index contributed by atoms with van der Waals surface area (Å²) in [5.74, 6) is 0.467. The number of amides is 1. The molecule has 5 nitrogen and oxygen atoms in total. The first-order valence-corrected chi connectivity index (χ1v) is 5.17. The van der Waals surface area contributed by atoms with Crippen LogP contribution in [0.3, 0.4) is 0 Å². The van der Waals surface area contributed by atoms with Gasteiger partial charge in [0.15, 0.2) is 5.16 Å². The molecule has 0 saturated carbocycles. The second-order valence-electron chi connectivity index (χ2n) is 2.84. The number of fused-ring (bicyclic) bond motifs is 1. The maximum Gasteiger partial charge on any atom is 0.267 e. The smallest absolute Gasteiger partial charge is 0.267 e. The molecule has 0 unspecified atom stereocenters. The molecule has 0 aliphatic carbocycles. The SMILES string of the molecule is CNC(=O)c1cnc2n(c1=O)CCS2. The van der Waals surface area contributed by atoms with E-state index in [9.17, 15) is 9.59 Å². The molecule has 2 rings (SSSR count). The Hall–Kier alpha value is -1.30. The molecule has 1 aromatic heterocycles. The molecule has 1 aliphatic heterocycles. The van der Waals surface area contributed by atoms with Crippen molar-refractivity contribution >= 4 is 17.7 Å². The molecule has 0 radical (unpaired) electrons. The van der Waals surface area contributed by atoms with Crippen LogP contribution in [0, 0.1) is 0 Å². The van der Waals surface area contributed by atoms with Crippen molar-refractivity contribution in [3.63, 3.8) is 0 Å². The summed E-state index contributed by atoms with van der Waals surface area (Å²) in [6, 6.07) is 0. The fourth-order valence-electron chi connectivity index (χ4n) is 1.31. The van der Waals surface area contributed by atoms with Crippen molar-refractivity contribution in [2.75, 3.05) is 12.8 Å². The van der Waals surface area contributed by atoms with Gasteiger partial charge in [0.25, 0.3) is 11.5 Å². The largest absolute Gasteiger partial charge is 0.355 e. The normalized spacial score (nSPS) is 13.8. The lowest BCUT2D eigenvalue weighted by molar-refractivity contribution is 0.0960. The number of hydrogen-bond acceptors (Lipinski definition) is 4. The van der Waals surface area contributed by atoms with Gasteiger partial charge in [-0.2, -0.15) is 0 Å². The summed E-state index contributed by atoms with van der Waals surface area (Å²) in [6.45, 7) is 0.636. The Kier molecular flexibility index (Phi) is 2.28. The first kappa shape index (κ1) is 9.26. The van der Waals surface area contributed by atoms with Gasteiger partial charge in [-0.3, -0.25) is 14.2 Å². The van der Waals surface area contributed by atoms with Crippen LogP contribution in [0.2, 0.25) is 0 Å². The van der Waals surface area contributed by atoms with E-state index in [0.717, 1.165) is 5.75 Å². The average Bonchev–Trinajstić information content (AvgIpc) is 2.66. The quantitative estimate of drug-likeness (QED) is 0.648. The van der Waals surface area contributed by atoms with Crippen LogP contribution in [0.1, 0.15) is 10.4 Å². The Bertz CT molecular complexity index is 441. The number of rotatable bonds is 1. The second-order valence-corrected chi connectivity index (χ2v) is 3.90. The lowest BCUT2D eigenvalue weighted by atomic mass is 10.3. The van der Waals surface area contributed by atoms with Gasteiger partial charge in [-0.05, 0) is 0 Å². The zero-order chi connectivity index (χ0) is 10.1. The summed E-state index contributed by atoms with van der Waals surface area (Å²) < 4.78 is 1.54. The Labute approximate surface area is 84.5 Å². The Balaban J connectivity index is 2.56. The van der Waals surface area contributed by atoms with E-state index >= 15 is 0 Å². The fourth-order valence-corrected chi connectivity index (χ4v) is 2.22. The van der Waals surface area contributed by atoms with Crippen LogP contribution in [0.15, 0.2) is 16.1 Å². The standard InChI is InChI=1S/C8H9N3O2S/c1-9-6(12)5-4-10-8-11(7(5)13)2-3-14-8/h4H,2-3H2,1H3,(H,9,12). The van der Waals surface area contributed by atoms with Crippen molar-refractivity contribution < 1.29 is 4.79 Å². The third-order valence-electron chi connectivity index (χ3n) is 2.03. The van der Waals surface area contributed by atoms with Crippen LogP contribution in [0.25, 0.3) is 0 Å². The Morgan fingerprint density at radius 1 is 1.71 bits per heavy atom. The molecule has 1 aliphatic rings. The summed E-state index contributed by atoms with van der Waals surface area (Å²) in [7, 11) is 1.49. The van der Waals surface area contributed by atoms with Gasteiger partial charge in [0, 0.05) is 25.5 Å². The van der Waals surface area contributed by atoms with Crippen molar-refractivity contribution in [2.24, 2.45) is 0 Å². The predicted molar refractivity (Wildman–Crippen MR) is 52.6 cm³/mol. The summed E-state index contributed by atoms with van der Waals surface area (Å²) in [5.41, 5.74) is -0.141. The zero-order valence-corrected chi connectivity index (χ0v) is 8.43. The molecule has 1 aromatic rings. The molecule has 0 aromatic carbocycles. The monoisotopic (exact) mass is 211 g/mol. The molecule has 1 N–H and O–H groups in total. The summed E-state index contributed by atoms with van der Waals surface area (Å²) in [5, 5.41) is 3.11. The van der Waals surface area contributed by atoms with E-state index in [4.69, 9.17) is 0 Å². The van der Waals surface area contributed by atoms with Crippen LogP contribution < -0.4 is 10.9 Å². The van der Waals surface area contributed by atoms with Crippen molar-refractivity contribution in [3.05, 3.63) is 22.1 Å². The number of carbonyl (C=O) groups is 1. The van der Waals surface area contributed by atoms with E-state index in [1.807, 2.05) is 0 Å². The highest BCUT2D eigenvalue weighted by Gasteiger charge is 2.18. The summed E-state index contributed by atoms with van der Waals surface area (Å²) >= 11 is 1.53. The Morgan fingerprint density at radius 3 is 3.21 bits per heavy atom. The van der Waals surface area contributed by atoms with Gasteiger partial charge in [0.05, 0.1) is 0 Å². The van der Waals surface area contributed by atoms with Gasteiger partial charge >= 0.3 is 0 Å². The zero-order valence-electron chi connectivity index (χ0n) is 7.61. The van der Waals surface area contributed by atoms with Gasteiger partial charge in [0.2, 0.25) is 0 Å². The molecule has 1 amide bonds. The van der Waals surface area contributed by atoms with Crippen molar-refractivity contribution in [3.8, 4) is 0 Å². The fraction of sp³-hybridized carbons (Fsp3) is 0.375. The molecule has 0 atom stereocenters. The van der Waals surface area contributed by atoms with E-state index in [1.54, 1.807) is 0 Å². The molecule has 6 heteroatoms. The molecule has 14 heavy (non-hydrogen) atoms. The predicted octanol–water partition coefficient (Wildman–Crippen LogP) is -0.291. The first-order chi connectivity index (χ1) is 6.74. The number of nitrogens with zero attached hydrogens (tertiary/aromatic N) is 2. The maximum atomic E-state index is 11.7. The highest BCUT2D eigenvalue weighted by Crippen LogP contribution is 2.20. The van der Waals surface area contributed by atoms with Crippen LogP contribution in [-0.4, -0.2) is 28.3 Å². The van der Waals surface area contributed by atoms with Gasteiger partial charge in [0.1, 0.15) is 5.56 Å². The number of carbonyl (C=O) groups excluding carboxylic acids is 1. The topological polar surface area (TPSA) is 64.0 Å². The number of nitrogens with one attached hydrogen (secondary N) is 1. The average molecular weight is 211 g/mol. The lowest BCUT2D eigenvalue weighted by Gasteiger charge is -2.03. The van der Waals surface area contributed by atoms with Gasteiger partial charge in [-0.25, -0.2) is 4.98 Å². The molecule has 74 valence electrons. The van der Waals surface area contributed by atoms with Gasteiger partial charge < -0.3 is 5.32 Å². The molecular formula is C8H9N3O2S. The Morgan fingerprint density at radius 2 is 2.50 bits per heavy atom. The van der Waals surface area contributed by atoms with E-state index in [0.29, 0.717) is 11.7 Å². The van der Waals surface area contributed by atoms with Crippen LogP contribution in [0.5, 0.6) is 0 Å². The minimum absolute atomic E-state index is 0.110. The van der Waals surface area contributed by atoms with Crippen molar-refractivity contribution in [1.29, 1.82) is 0 Å². The number of hydrogen-bond donors (Lipinski definition) is 1. The summed E-state index contributed by atoms with van der Waals surface area (Å²) in [4.78, 5) is 27.0. The van der Waals surface area contributed by atoms with Gasteiger partial charge in [-0.1, -0.05) is 11.8 Å².